The lowest BCUT2D eigenvalue weighted by atomic mass is 10.3. The summed E-state index contributed by atoms with van der Waals surface area (Å²) in [6.07, 6.45) is 4.63. The summed E-state index contributed by atoms with van der Waals surface area (Å²) in [4.78, 5) is 13.8. The second-order valence-corrected chi connectivity index (χ2v) is 1.66. The molecule has 0 aliphatic rings. The van der Waals surface area contributed by atoms with Crippen molar-refractivity contribution in [2.45, 2.75) is 0 Å². The van der Waals surface area contributed by atoms with Gasteiger partial charge in [0, 0.05) is 13.3 Å². The minimum atomic E-state index is -1.17. The van der Waals surface area contributed by atoms with E-state index in [1.807, 2.05) is 0 Å². The lowest BCUT2D eigenvalue weighted by molar-refractivity contribution is -0.132. The van der Waals surface area contributed by atoms with E-state index in [1.165, 1.54) is 18.4 Å². The molecule has 0 bridgehead atoms. The Balaban J connectivity index is 4.22. The van der Waals surface area contributed by atoms with Crippen LogP contribution in [0.3, 0.4) is 0 Å². The Kier molecular flexibility index (Phi) is 4.47. The van der Waals surface area contributed by atoms with Gasteiger partial charge in [0.15, 0.2) is 0 Å². The van der Waals surface area contributed by atoms with Crippen LogP contribution in [0.1, 0.15) is 0 Å². The van der Waals surface area contributed by atoms with Crippen molar-refractivity contribution in [2.75, 3.05) is 7.05 Å². The molecule has 4 heteroatoms. The van der Waals surface area contributed by atoms with Crippen molar-refractivity contribution in [3.05, 3.63) is 24.0 Å². The molecule has 0 aromatic heterocycles. The summed E-state index contributed by atoms with van der Waals surface area (Å²) in [5.74, 6) is -1.17. The zero-order chi connectivity index (χ0) is 8.69. The van der Waals surface area contributed by atoms with Crippen LogP contribution < -0.4 is 0 Å². The molecule has 0 spiro atoms. The van der Waals surface area contributed by atoms with Gasteiger partial charge in [-0.15, -0.1) is 0 Å². The lowest BCUT2D eigenvalue weighted by Gasteiger charge is -1.87. The van der Waals surface area contributed by atoms with Crippen LogP contribution in [0.15, 0.2) is 29.0 Å². The molecule has 0 saturated heterocycles. The summed E-state index contributed by atoms with van der Waals surface area (Å²) >= 11 is 0. The third-order valence-electron chi connectivity index (χ3n) is 0.897. The first-order chi connectivity index (χ1) is 5.22. The van der Waals surface area contributed by atoms with Gasteiger partial charge >= 0.3 is 5.97 Å². The van der Waals surface area contributed by atoms with E-state index < -0.39 is 5.97 Å². The second-order valence-electron chi connectivity index (χ2n) is 1.66. The first-order valence-corrected chi connectivity index (χ1v) is 2.89. The summed E-state index contributed by atoms with van der Waals surface area (Å²) in [5.41, 5.74) is -0.176. The molecule has 0 aliphatic heterocycles. The number of aliphatic imine (C=N–C) groups is 1. The zero-order valence-corrected chi connectivity index (χ0v) is 6.06. The number of nitrogens with zero attached hydrogens (tertiary/aromatic N) is 1. The van der Waals surface area contributed by atoms with Crippen LogP contribution in [-0.4, -0.2) is 29.4 Å². The number of aliphatic hydroxyl groups is 1. The number of rotatable bonds is 3. The lowest BCUT2D eigenvalue weighted by Crippen LogP contribution is -1.97. The van der Waals surface area contributed by atoms with Crippen LogP contribution in [0.5, 0.6) is 0 Å². The van der Waals surface area contributed by atoms with Crippen LogP contribution in [-0.2, 0) is 4.79 Å². The quantitative estimate of drug-likeness (QED) is 0.274. The minimum Gasteiger partial charge on any atom is -0.515 e. The van der Waals surface area contributed by atoms with E-state index in [1.54, 1.807) is 7.05 Å². The van der Waals surface area contributed by atoms with Gasteiger partial charge in [0.1, 0.15) is 0 Å². The fourth-order valence-electron chi connectivity index (χ4n) is 0.402. The van der Waals surface area contributed by atoms with Gasteiger partial charge in [-0.2, -0.15) is 0 Å². The molecule has 2 N–H and O–H groups in total. The SMILES string of the molecule is CN=CC=CC(=CO)C(=O)O. The predicted molar refractivity (Wildman–Crippen MR) is 41.9 cm³/mol. The summed E-state index contributed by atoms with van der Waals surface area (Å²) in [5, 5.41) is 16.7. The van der Waals surface area contributed by atoms with E-state index in [4.69, 9.17) is 10.2 Å². The molecule has 4 nitrogen and oxygen atoms in total. The van der Waals surface area contributed by atoms with Crippen molar-refractivity contribution in [3.8, 4) is 0 Å². The highest BCUT2D eigenvalue weighted by molar-refractivity contribution is 5.90. The second kappa shape index (κ2) is 5.22. The number of carbonyl (C=O) groups is 1. The van der Waals surface area contributed by atoms with Gasteiger partial charge in [0.2, 0.25) is 0 Å². The molecule has 0 heterocycles. The Morgan fingerprint density at radius 1 is 1.55 bits per heavy atom. The van der Waals surface area contributed by atoms with Crippen molar-refractivity contribution >= 4 is 12.2 Å². The van der Waals surface area contributed by atoms with Crippen molar-refractivity contribution in [2.24, 2.45) is 4.99 Å². The van der Waals surface area contributed by atoms with Crippen LogP contribution in [0, 0.1) is 0 Å². The summed E-state index contributed by atoms with van der Waals surface area (Å²) in [6, 6.07) is 0. The molecule has 0 amide bonds. The largest absolute Gasteiger partial charge is 0.515 e. The molecular formula is C7H9NO3. The van der Waals surface area contributed by atoms with Gasteiger partial charge in [-0.25, -0.2) is 4.79 Å². The molecule has 0 rings (SSSR count). The van der Waals surface area contributed by atoms with Crippen LogP contribution in [0.25, 0.3) is 0 Å². The maximum absolute atomic E-state index is 10.2. The zero-order valence-electron chi connectivity index (χ0n) is 6.06. The standard InChI is InChI=1S/C7H9NO3/c1-8-4-2-3-6(5-9)7(10)11/h2-5,9H,1H3,(H,10,11). The van der Waals surface area contributed by atoms with Crippen LogP contribution in [0.2, 0.25) is 0 Å². The Morgan fingerprint density at radius 2 is 2.18 bits per heavy atom. The number of carboxylic acids is 1. The first-order valence-electron chi connectivity index (χ1n) is 2.89. The molecule has 0 aliphatic carbocycles. The average molecular weight is 155 g/mol. The van der Waals surface area contributed by atoms with Gasteiger partial charge in [-0.05, 0) is 12.2 Å². The third-order valence-corrected chi connectivity index (χ3v) is 0.897. The molecular weight excluding hydrogens is 146 g/mol. The molecule has 0 saturated carbocycles. The molecule has 0 aromatic rings. The van der Waals surface area contributed by atoms with Gasteiger partial charge in [-0.3, -0.25) is 4.99 Å². The van der Waals surface area contributed by atoms with Gasteiger partial charge in [-0.1, -0.05) is 0 Å². The van der Waals surface area contributed by atoms with E-state index >= 15 is 0 Å². The van der Waals surface area contributed by atoms with E-state index in [-0.39, 0.29) is 5.57 Å². The number of aliphatic carboxylic acids is 1. The fraction of sp³-hybridized carbons (Fsp3) is 0.143. The van der Waals surface area contributed by atoms with Crippen molar-refractivity contribution in [1.82, 2.24) is 0 Å². The maximum atomic E-state index is 10.2. The van der Waals surface area contributed by atoms with Gasteiger partial charge in [0.25, 0.3) is 0 Å². The van der Waals surface area contributed by atoms with Crippen LogP contribution >= 0.6 is 0 Å². The third kappa shape index (κ3) is 3.91. The summed E-state index contributed by atoms with van der Waals surface area (Å²) in [6.45, 7) is 0. The molecule has 0 fully saturated rings. The van der Waals surface area contributed by atoms with Gasteiger partial charge < -0.3 is 10.2 Å². The smallest absolute Gasteiger partial charge is 0.338 e. The Hall–Kier alpha value is -1.58. The number of carboxylic acid groups (broad SMARTS) is 1. The maximum Gasteiger partial charge on any atom is 0.338 e. The van der Waals surface area contributed by atoms with Crippen LogP contribution in [0.4, 0.5) is 0 Å². The summed E-state index contributed by atoms with van der Waals surface area (Å²) in [7, 11) is 1.56. The highest BCUT2D eigenvalue weighted by atomic mass is 16.4. The van der Waals surface area contributed by atoms with Crippen molar-refractivity contribution in [3.63, 3.8) is 0 Å². The van der Waals surface area contributed by atoms with E-state index in [9.17, 15) is 4.79 Å². The number of allylic oxidation sites excluding steroid dienone is 1. The monoisotopic (exact) mass is 155 g/mol. The molecule has 60 valence electrons. The number of hydrogen-bond acceptors (Lipinski definition) is 3. The van der Waals surface area contributed by atoms with Gasteiger partial charge in [0.05, 0.1) is 11.8 Å². The number of aliphatic hydroxyl groups excluding tert-OH is 1. The Morgan fingerprint density at radius 3 is 2.55 bits per heavy atom. The van der Waals surface area contributed by atoms with E-state index in [0.717, 1.165) is 0 Å². The highest BCUT2D eigenvalue weighted by Gasteiger charge is 2.00. The highest BCUT2D eigenvalue weighted by Crippen LogP contribution is 1.93. The summed E-state index contributed by atoms with van der Waals surface area (Å²) < 4.78 is 0. The predicted octanol–water partition coefficient (Wildman–Crippen LogP) is 0.770. The minimum absolute atomic E-state index is 0.176. The Bertz CT molecular complexity index is 216. The normalized spacial score (nSPS) is 13.0. The molecule has 0 radical (unpaired) electrons. The Labute approximate surface area is 64.2 Å². The molecule has 0 aromatic carbocycles. The fourth-order valence-corrected chi connectivity index (χ4v) is 0.402. The van der Waals surface area contributed by atoms with Crippen molar-refractivity contribution in [1.29, 1.82) is 0 Å². The average Bonchev–Trinajstić information content (AvgIpc) is 1.97. The first kappa shape index (κ1) is 9.42. The topological polar surface area (TPSA) is 69.9 Å². The molecule has 0 atom stereocenters. The number of hydrogen-bond donors (Lipinski definition) is 2. The van der Waals surface area contributed by atoms with E-state index in [0.29, 0.717) is 6.26 Å². The van der Waals surface area contributed by atoms with Crippen molar-refractivity contribution < 1.29 is 15.0 Å². The van der Waals surface area contributed by atoms with E-state index in [2.05, 4.69) is 4.99 Å². The molecule has 11 heavy (non-hydrogen) atoms. The molecule has 0 unspecified atom stereocenters.